The van der Waals surface area contributed by atoms with Crippen molar-refractivity contribution in [2.75, 3.05) is 16.8 Å². The highest BCUT2D eigenvalue weighted by molar-refractivity contribution is 7.89. The number of carbonyl (C=O) groups is 2. The van der Waals surface area contributed by atoms with Gasteiger partial charge in [0.25, 0.3) is 0 Å². The van der Waals surface area contributed by atoms with Crippen LogP contribution in [0.2, 0.25) is 0 Å². The van der Waals surface area contributed by atoms with Crippen molar-refractivity contribution in [2.45, 2.75) is 37.6 Å². The van der Waals surface area contributed by atoms with Gasteiger partial charge in [-0.15, -0.1) is 0 Å². The number of benzene rings is 2. The zero-order valence-electron chi connectivity index (χ0n) is 16.8. The number of hydrogen-bond acceptors (Lipinski definition) is 4. The van der Waals surface area contributed by atoms with Gasteiger partial charge in [0.15, 0.2) is 0 Å². The molecule has 2 aromatic rings. The van der Waals surface area contributed by atoms with Gasteiger partial charge in [-0.1, -0.05) is 26.0 Å². The highest BCUT2D eigenvalue weighted by Gasteiger charge is 2.30. The fourth-order valence-electron chi connectivity index (χ4n) is 3.25. The molecule has 1 aliphatic rings. The molecule has 160 valence electrons. The summed E-state index contributed by atoms with van der Waals surface area (Å²) in [6.45, 7) is 4.05. The molecule has 7 nitrogen and oxygen atoms in total. The molecule has 2 aromatic carbocycles. The summed E-state index contributed by atoms with van der Waals surface area (Å²) in [6.07, 6.45) is 1.34. The van der Waals surface area contributed by atoms with Gasteiger partial charge in [-0.3, -0.25) is 9.59 Å². The molecule has 1 fully saturated rings. The topological polar surface area (TPSA) is 95.6 Å². The van der Waals surface area contributed by atoms with E-state index in [4.69, 9.17) is 0 Å². The molecule has 1 aliphatic heterocycles. The van der Waals surface area contributed by atoms with Gasteiger partial charge < -0.3 is 10.2 Å². The maximum Gasteiger partial charge on any atom is 0.244 e. The lowest BCUT2D eigenvalue weighted by atomic mass is 10.0. The number of hydrogen-bond donors (Lipinski definition) is 2. The van der Waals surface area contributed by atoms with Gasteiger partial charge in [0.1, 0.15) is 16.8 Å². The summed E-state index contributed by atoms with van der Waals surface area (Å²) in [4.78, 5) is 25.8. The molecule has 1 heterocycles. The molecule has 2 amide bonds. The van der Waals surface area contributed by atoms with Gasteiger partial charge in [-0.05, 0) is 48.7 Å². The molecule has 3 rings (SSSR count). The van der Waals surface area contributed by atoms with Gasteiger partial charge >= 0.3 is 0 Å². The van der Waals surface area contributed by atoms with E-state index in [1.807, 2.05) is 0 Å². The van der Waals surface area contributed by atoms with Crippen LogP contribution in [-0.4, -0.2) is 32.8 Å². The fraction of sp³-hybridized carbons (Fsp3) is 0.333. The number of halogens is 1. The van der Waals surface area contributed by atoms with Crippen molar-refractivity contribution in [3.05, 3.63) is 54.3 Å². The molecular formula is C21H24FN3O4S. The Balaban J connectivity index is 1.73. The van der Waals surface area contributed by atoms with Crippen molar-refractivity contribution in [3.63, 3.8) is 0 Å². The van der Waals surface area contributed by atoms with Crippen molar-refractivity contribution in [3.8, 4) is 0 Å². The Hall–Kier alpha value is -2.78. The van der Waals surface area contributed by atoms with Crippen LogP contribution in [0.25, 0.3) is 0 Å². The SMILES string of the molecule is CC(C)[C@H](NS(=O)(=O)c1ccccc1F)C(=O)Nc1ccc(N2CCCC2=O)cc1. The normalized spacial score (nSPS) is 15.5. The zero-order chi connectivity index (χ0) is 21.9. The van der Waals surface area contributed by atoms with Gasteiger partial charge in [0.05, 0.1) is 0 Å². The van der Waals surface area contributed by atoms with Gasteiger partial charge in [0.2, 0.25) is 21.8 Å². The first-order valence-electron chi connectivity index (χ1n) is 9.67. The first-order chi connectivity index (χ1) is 14.2. The van der Waals surface area contributed by atoms with Crippen molar-refractivity contribution in [1.29, 1.82) is 0 Å². The Kier molecular flexibility index (Phi) is 6.52. The quantitative estimate of drug-likeness (QED) is 0.702. The molecule has 9 heteroatoms. The largest absolute Gasteiger partial charge is 0.325 e. The molecule has 0 unspecified atom stereocenters. The predicted molar refractivity (Wildman–Crippen MR) is 112 cm³/mol. The van der Waals surface area contributed by atoms with E-state index < -0.39 is 32.7 Å². The number of nitrogens with one attached hydrogen (secondary N) is 2. The molecule has 0 aromatic heterocycles. The van der Waals surface area contributed by atoms with Crippen molar-refractivity contribution in [2.24, 2.45) is 5.92 Å². The maximum absolute atomic E-state index is 13.9. The Bertz CT molecular complexity index is 1040. The van der Waals surface area contributed by atoms with Crippen LogP contribution in [0, 0.1) is 11.7 Å². The number of sulfonamides is 1. The third-order valence-corrected chi connectivity index (χ3v) is 6.35. The van der Waals surface area contributed by atoms with Crippen molar-refractivity contribution in [1.82, 2.24) is 4.72 Å². The average Bonchev–Trinajstić information content (AvgIpc) is 3.12. The lowest BCUT2D eigenvalue weighted by Crippen LogP contribution is -2.47. The molecule has 0 aliphatic carbocycles. The summed E-state index contributed by atoms with van der Waals surface area (Å²) in [6, 6.07) is 10.7. The van der Waals surface area contributed by atoms with Gasteiger partial charge in [-0.2, -0.15) is 4.72 Å². The van der Waals surface area contributed by atoms with Crippen LogP contribution in [0.5, 0.6) is 0 Å². The highest BCUT2D eigenvalue weighted by Crippen LogP contribution is 2.23. The van der Waals surface area contributed by atoms with E-state index >= 15 is 0 Å². The van der Waals surface area contributed by atoms with Crippen LogP contribution in [0.4, 0.5) is 15.8 Å². The second kappa shape index (κ2) is 8.93. The van der Waals surface area contributed by atoms with E-state index in [-0.39, 0.29) is 11.8 Å². The van der Waals surface area contributed by atoms with E-state index in [1.54, 1.807) is 43.0 Å². The Morgan fingerprint density at radius 1 is 1.10 bits per heavy atom. The van der Waals surface area contributed by atoms with E-state index in [2.05, 4.69) is 10.0 Å². The van der Waals surface area contributed by atoms with Crippen molar-refractivity contribution < 1.29 is 22.4 Å². The number of rotatable bonds is 7. The first kappa shape index (κ1) is 21.9. The standard InChI is InChI=1S/C21H24FN3O4S/c1-14(2)20(24-30(28,29)18-7-4-3-6-17(18)22)21(27)23-15-9-11-16(12-10-15)25-13-5-8-19(25)26/h3-4,6-7,9-12,14,20,24H,5,8,13H2,1-2H3,(H,23,27)/t20-/m0/s1. The number of nitrogens with zero attached hydrogens (tertiary/aromatic N) is 1. The van der Waals surface area contributed by atoms with E-state index in [9.17, 15) is 22.4 Å². The summed E-state index contributed by atoms with van der Waals surface area (Å²) in [5.74, 6) is -1.77. The second-order valence-electron chi connectivity index (χ2n) is 7.46. The van der Waals surface area contributed by atoms with Crippen LogP contribution in [0.3, 0.4) is 0 Å². The molecule has 0 spiro atoms. The summed E-state index contributed by atoms with van der Waals surface area (Å²) in [5.41, 5.74) is 1.21. The first-order valence-corrected chi connectivity index (χ1v) is 11.2. The highest BCUT2D eigenvalue weighted by atomic mass is 32.2. The van der Waals surface area contributed by atoms with E-state index in [1.165, 1.54) is 12.1 Å². The summed E-state index contributed by atoms with van der Waals surface area (Å²) in [7, 11) is -4.23. The fourth-order valence-corrected chi connectivity index (χ4v) is 4.67. The third kappa shape index (κ3) is 4.85. The molecule has 1 atom stereocenters. The van der Waals surface area contributed by atoms with Crippen LogP contribution < -0.4 is 14.9 Å². The average molecular weight is 434 g/mol. The third-order valence-electron chi connectivity index (χ3n) is 4.88. The van der Waals surface area contributed by atoms with E-state index in [0.717, 1.165) is 24.2 Å². The minimum absolute atomic E-state index is 0.0641. The molecule has 2 N–H and O–H groups in total. The monoisotopic (exact) mass is 433 g/mol. The second-order valence-corrected chi connectivity index (χ2v) is 9.14. The van der Waals surface area contributed by atoms with Crippen LogP contribution in [0.1, 0.15) is 26.7 Å². The van der Waals surface area contributed by atoms with Crippen LogP contribution in [-0.2, 0) is 19.6 Å². The lowest BCUT2D eigenvalue weighted by molar-refractivity contribution is -0.119. The maximum atomic E-state index is 13.9. The number of amides is 2. The van der Waals surface area contributed by atoms with Crippen molar-refractivity contribution >= 4 is 33.2 Å². The molecule has 30 heavy (non-hydrogen) atoms. The molecule has 0 saturated carbocycles. The number of anilines is 2. The lowest BCUT2D eigenvalue weighted by Gasteiger charge is -2.22. The van der Waals surface area contributed by atoms with Crippen LogP contribution in [0.15, 0.2) is 53.4 Å². The van der Waals surface area contributed by atoms with Gasteiger partial charge in [0, 0.05) is 24.3 Å². The molecular weight excluding hydrogens is 409 g/mol. The van der Waals surface area contributed by atoms with E-state index in [0.29, 0.717) is 18.7 Å². The molecule has 1 saturated heterocycles. The number of carbonyl (C=O) groups excluding carboxylic acids is 2. The molecule has 0 bridgehead atoms. The van der Waals surface area contributed by atoms with Gasteiger partial charge in [-0.25, -0.2) is 12.8 Å². The zero-order valence-corrected chi connectivity index (χ0v) is 17.6. The summed E-state index contributed by atoms with van der Waals surface area (Å²) < 4.78 is 41.4. The predicted octanol–water partition coefficient (Wildman–Crippen LogP) is 2.89. The minimum Gasteiger partial charge on any atom is -0.325 e. The Labute approximate surface area is 175 Å². The van der Waals surface area contributed by atoms with Crippen LogP contribution >= 0.6 is 0 Å². The summed E-state index contributed by atoms with van der Waals surface area (Å²) in [5, 5.41) is 2.68. The Morgan fingerprint density at radius 2 is 1.77 bits per heavy atom. The minimum atomic E-state index is -4.23. The summed E-state index contributed by atoms with van der Waals surface area (Å²) >= 11 is 0. The Morgan fingerprint density at radius 3 is 2.33 bits per heavy atom. The molecule has 0 radical (unpaired) electrons. The smallest absolute Gasteiger partial charge is 0.244 e.